The monoisotopic (exact) mass is 612 g/mol. The Morgan fingerprint density at radius 1 is 0.955 bits per heavy atom. The number of hydrogen-bond acceptors (Lipinski definition) is 7. The highest BCUT2D eigenvalue weighted by molar-refractivity contribution is 7.88. The molecule has 0 fully saturated rings. The maximum Gasteiger partial charge on any atom is 0.224 e. The van der Waals surface area contributed by atoms with Crippen molar-refractivity contribution in [1.82, 2.24) is 34.9 Å². The highest BCUT2D eigenvalue weighted by Crippen LogP contribution is 2.33. The number of anilines is 1. The van der Waals surface area contributed by atoms with E-state index in [-0.39, 0.29) is 18.4 Å². The van der Waals surface area contributed by atoms with Gasteiger partial charge in [0.25, 0.3) is 0 Å². The van der Waals surface area contributed by atoms with E-state index in [4.69, 9.17) is 4.98 Å². The van der Waals surface area contributed by atoms with Crippen molar-refractivity contribution in [3.05, 3.63) is 78.6 Å². The molecule has 224 valence electrons. The van der Waals surface area contributed by atoms with Crippen molar-refractivity contribution < 1.29 is 17.6 Å². The quantitative estimate of drug-likeness (QED) is 0.170. The molecular formula is C31H29FN8O3S. The molecule has 0 saturated heterocycles. The predicted molar refractivity (Wildman–Crippen MR) is 167 cm³/mol. The van der Waals surface area contributed by atoms with Crippen LogP contribution in [-0.4, -0.2) is 50.7 Å². The van der Waals surface area contributed by atoms with Crippen molar-refractivity contribution >= 4 is 43.6 Å². The molecule has 44 heavy (non-hydrogen) atoms. The zero-order chi connectivity index (χ0) is 31.0. The Labute approximate surface area is 252 Å². The number of aromatic amines is 2. The maximum absolute atomic E-state index is 14.6. The minimum atomic E-state index is -3.45. The smallest absolute Gasteiger partial charge is 0.224 e. The average Bonchev–Trinajstić information content (AvgIpc) is 3.59. The van der Waals surface area contributed by atoms with Gasteiger partial charge >= 0.3 is 0 Å². The third kappa shape index (κ3) is 6.33. The van der Waals surface area contributed by atoms with E-state index in [1.165, 1.54) is 12.1 Å². The van der Waals surface area contributed by atoms with Crippen molar-refractivity contribution in [2.45, 2.75) is 26.8 Å². The summed E-state index contributed by atoms with van der Waals surface area (Å²) in [6, 6.07) is 12.1. The summed E-state index contributed by atoms with van der Waals surface area (Å²) >= 11 is 0. The lowest BCUT2D eigenvalue weighted by molar-refractivity contribution is -0.116. The summed E-state index contributed by atoms with van der Waals surface area (Å²) in [6.45, 7) is 3.93. The number of benzene rings is 2. The topological polar surface area (TPSA) is 158 Å². The van der Waals surface area contributed by atoms with Crippen LogP contribution in [0.2, 0.25) is 0 Å². The Kier molecular flexibility index (Phi) is 7.66. The van der Waals surface area contributed by atoms with Gasteiger partial charge in [-0.1, -0.05) is 19.9 Å². The van der Waals surface area contributed by atoms with Crippen LogP contribution in [0, 0.1) is 11.7 Å². The van der Waals surface area contributed by atoms with Crippen LogP contribution in [0.4, 0.5) is 10.1 Å². The Balaban J connectivity index is 1.36. The minimum Gasteiger partial charge on any atom is -0.335 e. The van der Waals surface area contributed by atoms with Gasteiger partial charge in [0.2, 0.25) is 15.9 Å². The number of carbonyl (C=O) groups is 1. The van der Waals surface area contributed by atoms with Crippen LogP contribution in [0.5, 0.6) is 0 Å². The van der Waals surface area contributed by atoms with Gasteiger partial charge in [-0.2, -0.15) is 5.10 Å². The number of pyridine rings is 2. The van der Waals surface area contributed by atoms with E-state index in [2.05, 4.69) is 35.2 Å². The van der Waals surface area contributed by atoms with Crippen LogP contribution >= 0.6 is 0 Å². The number of hydrogen-bond donors (Lipinski definition) is 4. The molecule has 0 spiro atoms. The third-order valence-electron chi connectivity index (χ3n) is 6.94. The fourth-order valence-corrected chi connectivity index (χ4v) is 5.43. The zero-order valence-corrected chi connectivity index (χ0v) is 25.0. The Bertz CT molecular complexity index is 2140. The van der Waals surface area contributed by atoms with Crippen molar-refractivity contribution in [2.75, 3.05) is 11.6 Å². The fourth-order valence-electron chi connectivity index (χ4n) is 5.00. The SMILES string of the molecule is CC(C)CC(=O)Nc1cncc(-c2ccc3[nH]nc(-c4nc5c(-c6cc(F)cc(CNS(C)(=O)=O)c6)cncc5[nH]4)c3c2)c1. The Hall–Kier alpha value is -5.01. The number of sulfonamides is 1. The summed E-state index contributed by atoms with van der Waals surface area (Å²) in [5, 5.41) is 11.3. The maximum atomic E-state index is 14.6. The summed E-state index contributed by atoms with van der Waals surface area (Å²) in [5.74, 6) is 0.157. The summed E-state index contributed by atoms with van der Waals surface area (Å²) in [4.78, 5) is 29.0. The Morgan fingerprint density at radius 2 is 1.77 bits per heavy atom. The predicted octanol–water partition coefficient (Wildman–Crippen LogP) is 5.40. The van der Waals surface area contributed by atoms with E-state index < -0.39 is 15.8 Å². The molecule has 4 heterocycles. The largest absolute Gasteiger partial charge is 0.335 e. The second-order valence-corrected chi connectivity index (χ2v) is 12.9. The molecule has 0 aliphatic rings. The van der Waals surface area contributed by atoms with Gasteiger partial charge in [0.05, 0.1) is 40.9 Å². The molecule has 13 heteroatoms. The first-order valence-corrected chi connectivity index (χ1v) is 15.7. The van der Waals surface area contributed by atoms with Crippen molar-refractivity contribution in [3.63, 3.8) is 0 Å². The first-order valence-electron chi connectivity index (χ1n) is 13.8. The molecule has 0 aliphatic carbocycles. The van der Waals surface area contributed by atoms with Gasteiger partial charge in [-0.3, -0.25) is 19.9 Å². The third-order valence-corrected chi connectivity index (χ3v) is 7.61. The minimum absolute atomic E-state index is 0.0524. The van der Waals surface area contributed by atoms with Gasteiger partial charge in [0.15, 0.2) is 5.82 Å². The highest BCUT2D eigenvalue weighted by Gasteiger charge is 2.17. The molecule has 6 aromatic rings. The van der Waals surface area contributed by atoms with E-state index in [1.807, 2.05) is 38.1 Å². The van der Waals surface area contributed by atoms with Gasteiger partial charge in [0.1, 0.15) is 11.5 Å². The first-order chi connectivity index (χ1) is 21.0. The van der Waals surface area contributed by atoms with Crippen LogP contribution in [0.3, 0.4) is 0 Å². The molecule has 0 atom stereocenters. The van der Waals surface area contributed by atoms with Gasteiger partial charge in [0, 0.05) is 41.9 Å². The molecule has 0 aliphatic heterocycles. The van der Waals surface area contributed by atoms with E-state index in [0.717, 1.165) is 28.3 Å². The molecular weight excluding hydrogens is 583 g/mol. The summed E-state index contributed by atoms with van der Waals surface area (Å²) in [6.07, 6.45) is 8.05. The lowest BCUT2D eigenvalue weighted by atomic mass is 10.0. The molecule has 0 unspecified atom stereocenters. The van der Waals surface area contributed by atoms with Crippen LogP contribution in [0.15, 0.2) is 67.3 Å². The number of imidazole rings is 1. The molecule has 4 N–H and O–H groups in total. The van der Waals surface area contributed by atoms with E-state index in [9.17, 15) is 17.6 Å². The van der Waals surface area contributed by atoms with Crippen molar-refractivity contribution in [1.29, 1.82) is 0 Å². The zero-order valence-electron chi connectivity index (χ0n) is 24.1. The molecule has 4 aromatic heterocycles. The second kappa shape index (κ2) is 11.6. The van der Waals surface area contributed by atoms with E-state index in [0.29, 0.717) is 51.4 Å². The molecule has 0 saturated carbocycles. The first kappa shape index (κ1) is 29.1. The second-order valence-electron chi connectivity index (χ2n) is 11.1. The lowest BCUT2D eigenvalue weighted by Gasteiger charge is -2.09. The number of amides is 1. The number of rotatable bonds is 9. The van der Waals surface area contributed by atoms with Crippen LogP contribution in [0.1, 0.15) is 25.8 Å². The number of halogens is 1. The molecule has 11 nitrogen and oxygen atoms in total. The molecule has 0 bridgehead atoms. The average molecular weight is 613 g/mol. The highest BCUT2D eigenvalue weighted by atomic mass is 32.2. The normalized spacial score (nSPS) is 11.9. The van der Waals surface area contributed by atoms with Crippen LogP contribution in [0.25, 0.3) is 55.7 Å². The van der Waals surface area contributed by atoms with Crippen molar-refractivity contribution in [3.8, 4) is 33.8 Å². The van der Waals surface area contributed by atoms with Crippen molar-refractivity contribution in [2.24, 2.45) is 5.92 Å². The summed E-state index contributed by atoms with van der Waals surface area (Å²) < 4.78 is 40.1. The van der Waals surface area contributed by atoms with Gasteiger partial charge in [-0.25, -0.2) is 22.5 Å². The molecule has 1 amide bonds. The van der Waals surface area contributed by atoms with Gasteiger partial charge in [-0.05, 0) is 59.0 Å². The number of nitrogens with one attached hydrogen (secondary N) is 4. The Morgan fingerprint density at radius 3 is 2.57 bits per heavy atom. The molecule has 0 radical (unpaired) electrons. The summed E-state index contributed by atoms with van der Waals surface area (Å²) in [7, 11) is -3.45. The summed E-state index contributed by atoms with van der Waals surface area (Å²) in [5.41, 5.74) is 6.42. The van der Waals surface area contributed by atoms with E-state index in [1.54, 1.807) is 30.9 Å². The van der Waals surface area contributed by atoms with Crippen LogP contribution in [-0.2, 0) is 21.4 Å². The molecule has 6 rings (SSSR count). The van der Waals surface area contributed by atoms with E-state index >= 15 is 0 Å². The molecule has 2 aromatic carbocycles. The lowest BCUT2D eigenvalue weighted by Crippen LogP contribution is -2.21. The number of carbonyl (C=O) groups excluding carboxylic acids is 1. The number of H-pyrrole nitrogens is 2. The van der Waals surface area contributed by atoms with Gasteiger partial charge < -0.3 is 10.3 Å². The number of aromatic nitrogens is 6. The van der Waals surface area contributed by atoms with Crippen LogP contribution < -0.4 is 10.0 Å². The number of nitrogens with zero attached hydrogens (tertiary/aromatic N) is 4. The standard InChI is InChI=1S/C31H29FN8O3S/c1-17(2)6-28(41)36-23-10-21(13-33-14-23)19-4-5-26-24(11-19)30(40-39-26)31-37-27-16-34-15-25(29(27)38-31)20-7-18(8-22(32)9-20)12-35-44(3,42)43/h4-5,7-11,13-17,35H,6,12H2,1-3H3,(H,36,41)(H,37,38)(H,39,40). The van der Waals surface area contributed by atoms with Gasteiger partial charge in [-0.15, -0.1) is 0 Å². The fraction of sp³-hybridized carbons (Fsp3) is 0.194. The number of fused-ring (bicyclic) bond motifs is 2.